The molecule has 0 atom stereocenters. The summed E-state index contributed by atoms with van der Waals surface area (Å²) < 4.78 is 18.8. The molecule has 0 saturated heterocycles. The highest BCUT2D eigenvalue weighted by Crippen LogP contribution is 2.24. The molecule has 0 bridgehead atoms. The summed E-state index contributed by atoms with van der Waals surface area (Å²) in [6.45, 7) is 1.37. The number of nitrogens with one attached hydrogen (secondary N) is 2. The van der Waals surface area contributed by atoms with E-state index in [1.807, 2.05) is 6.07 Å². The Balaban J connectivity index is 0.00000162. The Morgan fingerprint density at radius 3 is 3.06 bits per heavy atom. The summed E-state index contributed by atoms with van der Waals surface area (Å²) >= 11 is 0. The molecule has 2 N–H and O–H groups in total. The lowest BCUT2D eigenvalue weighted by atomic mass is 9.99. The SMILES string of the molecule is COCC(=O)Nc1ccc2c(c1F)CCNC2.Cl. The van der Waals surface area contributed by atoms with Crippen LogP contribution < -0.4 is 10.6 Å². The molecule has 1 heterocycles. The number of ether oxygens (including phenoxy) is 1. The van der Waals surface area contributed by atoms with Gasteiger partial charge in [0.15, 0.2) is 0 Å². The van der Waals surface area contributed by atoms with Gasteiger partial charge in [-0.2, -0.15) is 0 Å². The van der Waals surface area contributed by atoms with E-state index >= 15 is 0 Å². The summed E-state index contributed by atoms with van der Waals surface area (Å²) in [5.41, 5.74) is 1.88. The second-order valence-corrected chi connectivity index (χ2v) is 3.97. The van der Waals surface area contributed by atoms with Crippen molar-refractivity contribution in [2.45, 2.75) is 13.0 Å². The Hall–Kier alpha value is -1.17. The first-order valence-electron chi connectivity index (χ1n) is 5.52. The zero-order valence-electron chi connectivity index (χ0n) is 10.1. The number of benzene rings is 1. The number of hydrogen-bond acceptors (Lipinski definition) is 3. The molecule has 2 rings (SSSR count). The highest BCUT2D eigenvalue weighted by Gasteiger charge is 2.17. The van der Waals surface area contributed by atoms with Gasteiger partial charge in [-0.15, -0.1) is 12.4 Å². The van der Waals surface area contributed by atoms with Crippen LogP contribution in [0, 0.1) is 5.82 Å². The number of halogens is 2. The van der Waals surface area contributed by atoms with E-state index in [1.54, 1.807) is 6.07 Å². The van der Waals surface area contributed by atoms with E-state index in [-0.39, 0.29) is 36.4 Å². The first kappa shape index (κ1) is 14.9. The van der Waals surface area contributed by atoms with Gasteiger partial charge in [0, 0.05) is 13.7 Å². The van der Waals surface area contributed by atoms with Crippen LogP contribution in [0.25, 0.3) is 0 Å². The Bertz CT molecular complexity index is 440. The van der Waals surface area contributed by atoms with Crippen LogP contribution in [0.4, 0.5) is 10.1 Å². The maximum Gasteiger partial charge on any atom is 0.250 e. The molecule has 0 spiro atoms. The van der Waals surface area contributed by atoms with Crippen molar-refractivity contribution in [3.05, 3.63) is 29.1 Å². The maximum absolute atomic E-state index is 14.1. The van der Waals surface area contributed by atoms with Crippen LogP contribution >= 0.6 is 12.4 Å². The fourth-order valence-electron chi connectivity index (χ4n) is 1.95. The van der Waals surface area contributed by atoms with Gasteiger partial charge in [-0.3, -0.25) is 4.79 Å². The third-order valence-corrected chi connectivity index (χ3v) is 2.76. The van der Waals surface area contributed by atoms with Crippen LogP contribution in [0.1, 0.15) is 11.1 Å². The summed E-state index contributed by atoms with van der Waals surface area (Å²) in [5, 5.41) is 5.68. The van der Waals surface area contributed by atoms with Crippen molar-refractivity contribution >= 4 is 24.0 Å². The number of hydrogen-bond donors (Lipinski definition) is 2. The van der Waals surface area contributed by atoms with Crippen molar-refractivity contribution in [1.29, 1.82) is 0 Å². The minimum absolute atomic E-state index is 0. The summed E-state index contributed by atoms with van der Waals surface area (Å²) in [5.74, 6) is -0.672. The lowest BCUT2D eigenvalue weighted by molar-refractivity contribution is -0.119. The molecule has 0 fully saturated rings. The smallest absolute Gasteiger partial charge is 0.250 e. The average molecular weight is 275 g/mol. The number of methoxy groups -OCH3 is 1. The standard InChI is InChI=1S/C12H15FN2O2.ClH/c1-17-7-11(16)15-10-3-2-8-6-14-5-4-9(8)12(10)13;/h2-3,14H,4-7H2,1H3,(H,15,16);1H. The number of amides is 1. The third-order valence-electron chi connectivity index (χ3n) is 2.76. The van der Waals surface area contributed by atoms with Crippen molar-refractivity contribution in [3.8, 4) is 0 Å². The highest BCUT2D eigenvalue weighted by atomic mass is 35.5. The van der Waals surface area contributed by atoms with Crippen LogP contribution in [-0.2, 0) is 22.5 Å². The number of carbonyl (C=O) groups is 1. The molecular weight excluding hydrogens is 259 g/mol. The van der Waals surface area contributed by atoms with Gasteiger partial charge in [-0.05, 0) is 30.2 Å². The van der Waals surface area contributed by atoms with E-state index in [4.69, 9.17) is 0 Å². The molecule has 1 aromatic rings. The summed E-state index contributed by atoms with van der Waals surface area (Å²) in [6, 6.07) is 3.43. The van der Waals surface area contributed by atoms with Gasteiger partial charge in [0.05, 0.1) is 5.69 Å². The minimum Gasteiger partial charge on any atom is -0.375 e. The fraction of sp³-hybridized carbons (Fsp3) is 0.417. The normalized spacial score (nSPS) is 13.4. The lowest BCUT2D eigenvalue weighted by Crippen LogP contribution is -2.25. The second-order valence-electron chi connectivity index (χ2n) is 3.97. The molecule has 0 radical (unpaired) electrons. The molecular formula is C12H16ClFN2O2. The molecule has 4 nitrogen and oxygen atoms in total. The highest BCUT2D eigenvalue weighted by molar-refractivity contribution is 5.92. The quantitative estimate of drug-likeness (QED) is 0.878. The monoisotopic (exact) mass is 274 g/mol. The predicted molar refractivity (Wildman–Crippen MR) is 69.6 cm³/mol. The van der Waals surface area contributed by atoms with Gasteiger partial charge < -0.3 is 15.4 Å². The zero-order valence-corrected chi connectivity index (χ0v) is 10.9. The molecule has 1 aliphatic heterocycles. The maximum atomic E-state index is 14.1. The molecule has 18 heavy (non-hydrogen) atoms. The number of carbonyl (C=O) groups excluding carboxylic acids is 1. The van der Waals surface area contributed by atoms with Crippen LogP contribution in [0.3, 0.4) is 0 Å². The molecule has 6 heteroatoms. The van der Waals surface area contributed by atoms with E-state index in [1.165, 1.54) is 7.11 Å². The van der Waals surface area contributed by atoms with E-state index in [0.717, 1.165) is 12.1 Å². The van der Waals surface area contributed by atoms with E-state index in [2.05, 4.69) is 15.4 Å². The summed E-state index contributed by atoms with van der Waals surface area (Å²) in [7, 11) is 1.43. The zero-order chi connectivity index (χ0) is 12.3. The van der Waals surface area contributed by atoms with Crippen molar-refractivity contribution in [3.63, 3.8) is 0 Å². The first-order valence-corrected chi connectivity index (χ1v) is 5.52. The van der Waals surface area contributed by atoms with Crippen molar-refractivity contribution < 1.29 is 13.9 Å². The Morgan fingerprint density at radius 1 is 1.56 bits per heavy atom. The largest absolute Gasteiger partial charge is 0.375 e. The minimum atomic E-state index is -0.347. The molecule has 0 aromatic heterocycles. The number of anilines is 1. The van der Waals surface area contributed by atoms with Gasteiger partial charge in [0.1, 0.15) is 12.4 Å². The summed E-state index contributed by atoms with van der Waals surface area (Å²) in [6.07, 6.45) is 0.648. The van der Waals surface area contributed by atoms with E-state index in [9.17, 15) is 9.18 Å². The second kappa shape index (κ2) is 6.68. The van der Waals surface area contributed by atoms with Crippen LogP contribution in [-0.4, -0.2) is 26.2 Å². The average Bonchev–Trinajstić information content (AvgIpc) is 2.33. The molecule has 1 amide bonds. The molecule has 1 aliphatic rings. The Morgan fingerprint density at radius 2 is 2.33 bits per heavy atom. The van der Waals surface area contributed by atoms with Gasteiger partial charge in [0.2, 0.25) is 5.91 Å². The molecule has 100 valence electrons. The molecule has 0 aliphatic carbocycles. The number of rotatable bonds is 3. The van der Waals surface area contributed by atoms with Gasteiger partial charge >= 0.3 is 0 Å². The predicted octanol–water partition coefficient (Wildman–Crippen LogP) is 1.48. The third kappa shape index (κ3) is 3.19. The van der Waals surface area contributed by atoms with Crippen molar-refractivity contribution in [2.75, 3.05) is 25.6 Å². The Kier molecular flexibility index (Phi) is 5.53. The summed E-state index contributed by atoms with van der Waals surface area (Å²) in [4.78, 5) is 11.3. The fourth-order valence-corrected chi connectivity index (χ4v) is 1.95. The lowest BCUT2D eigenvalue weighted by Gasteiger charge is -2.19. The molecule has 0 unspecified atom stereocenters. The topological polar surface area (TPSA) is 50.4 Å². The van der Waals surface area contributed by atoms with Crippen LogP contribution in [0.5, 0.6) is 0 Å². The van der Waals surface area contributed by atoms with E-state index < -0.39 is 0 Å². The Labute approximate surface area is 111 Å². The molecule has 1 aromatic carbocycles. The van der Waals surface area contributed by atoms with Gasteiger partial charge in [-0.1, -0.05) is 6.07 Å². The van der Waals surface area contributed by atoms with Crippen molar-refractivity contribution in [1.82, 2.24) is 5.32 Å². The van der Waals surface area contributed by atoms with Gasteiger partial charge in [0.25, 0.3) is 0 Å². The molecule has 0 saturated carbocycles. The van der Waals surface area contributed by atoms with Crippen molar-refractivity contribution in [2.24, 2.45) is 0 Å². The first-order chi connectivity index (χ1) is 8.22. The van der Waals surface area contributed by atoms with E-state index in [0.29, 0.717) is 18.5 Å². The van der Waals surface area contributed by atoms with Crippen LogP contribution in [0.2, 0.25) is 0 Å². The number of fused-ring (bicyclic) bond motifs is 1. The van der Waals surface area contributed by atoms with Gasteiger partial charge in [-0.25, -0.2) is 4.39 Å². The van der Waals surface area contributed by atoms with Crippen LogP contribution in [0.15, 0.2) is 12.1 Å².